The Morgan fingerprint density at radius 3 is 3.00 bits per heavy atom. The molecule has 0 fully saturated rings. The molecule has 5 heteroatoms. The maximum atomic E-state index is 5.96. The smallest absolute Gasteiger partial charge is 0.144 e. The number of anilines is 1. The van der Waals surface area contributed by atoms with Crippen LogP contribution in [0.25, 0.3) is 0 Å². The third-order valence-electron chi connectivity index (χ3n) is 2.20. The maximum Gasteiger partial charge on any atom is 0.144 e. The molecule has 0 aliphatic rings. The minimum absolute atomic E-state index is 0.653. The first-order chi connectivity index (χ1) is 7.86. The Balaban J connectivity index is 1.74. The van der Waals surface area contributed by atoms with E-state index in [-0.39, 0.29) is 0 Å². The van der Waals surface area contributed by atoms with E-state index in [0.29, 0.717) is 5.02 Å². The van der Waals surface area contributed by atoms with E-state index in [0.717, 1.165) is 31.0 Å². The number of imidazole rings is 1. The summed E-state index contributed by atoms with van der Waals surface area (Å²) in [5, 5.41) is 3.84. The summed E-state index contributed by atoms with van der Waals surface area (Å²) in [6.07, 6.45) is 7.22. The molecule has 0 saturated carbocycles. The van der Waals surface area contributed by atoms with Crippen LogP contribution in [0.4, 0.5) is 5.82 Å². The molecule has 0 aliphatic heterocycles. The highest BCUT2D eigenvalue weighted by Crippen LogP contribution is 2.16. The third kappa shape index (κ3) is 2.97. The molecule has 4 nitrogen and oxygen atoms in total. The minimum atomic E-state index is 0.653. The van der Waals surface area contributed by atoms with Gasteiger partial charge in [-0.3, -0.25) is 0 Å². The molecule has 2 N–H and O–H groups in total. The van der Waals surface area contributed by atoms with Gasteiger partial charge in [0.15, 0.2) is 0 Å². The van der Waals surface area contributed by atoms with Crippen LogP contribution in [-0.2, 0) is 6.42 Å². The Labute approximate surface area is 99.1 Å². The van der Waals surface area contributed by atoms with Gasteiger partial charge in [-0.05, 0) is 18.6 Å². The van der Waals surface area contributed by atoms with Crippen molar-refractivity contribution in [1.29, 1.82) is 0 Å². The van der Waals surface area contributed by atoms with E-state index in [9.17, 15) is 0 Å². The standard InChI is InChI=1S/C11H13ClN4/c12-9-3-1-5-15-11(9)16-6-2-4-10-13-7-8-14-10/h1,3,5,7-8H,2,4,6H2,(H,13,14)(H,15,16). The van der Waals surface area contributed by atoms with Gasteiger partial charge in [0.2, 0.25) is 0 Å². The zero-order valence-corrected chi connectivity index (χ0v) is 9.54. The average molecular weight is 237 g/mol. The number of nitrogens with zero attached hydrogens (tertiary/aromatic N) is 2. The molecule has 2 rings (SSSR count). The summed E-state index contributed by atoms with van der Waals surface area (Å²) >= 11 is 5.96. The second-order valence-electron chi connectivity index (χ2n) is 3.40. The van der Waals surface area contributed by atoms with Gasteiger partial charge in [0.25, 0.3) is 0 Å². The monoisotopic (exact) mass is 236 g/mol. The molecule has 2 aromatic heterocycles. The first-order valence-electron chi connectivity index (χ1n) is 5.19. The second-order valence-corrected chi connectivity index (χ2v) is 3.81. The number of halogens is 1. The van der Waals surface area contributed by atoms with Crippen molar-refractivity contribution in [2.75, 3.05) is 11.9 Å². The predicted molar refractivity (Wildman–Crippen MR) is 64.6 cm³/mol. The van der Waals surface area contributed by atoms with Crippen molar-refractivity contribution in [2.24, 2.45) is 0 Å². The van der Waals surface area contributed by atoms with Gasteiger partial charge >= 0.3 is 0 Å². The van der Waals surface area contributed by atoms with E-state index in [2.05, 4.69) is 20.3 Å². The van der Waals surface area contributed by atoms with Crippen molar-refractivity contribution < 1.29 is 0 Å². The zero-order valence-electron chi connectivity index (χ0n) is 8.78. The molecule has 0 radical (unpaired) electrons. The summed E-state index contributed by atoms with van der Waals surface area (Å²) in [5.74, 6) is 1.75. The van der Waals surface area contributed by atoms with Gasteiger partial charge in [0.05, 0.1) is 5.02 Å². The van der Waals surface area contributed by atoms with Gasteiger partial charge in [0, 0.05) is 31.6 Å². The van der Waals surface area contributed by atoms with Crippen LogP contribution in [0, 0.1) is 0 Å². The Morgan fingerprint density at radius 2 is 2.25 bits per heavy atom. The van der Waals surface area contributed by atoms with E-state index < -0.39 is 0 Å². The topological polar surface area (TPSA) is 53.6 Å². The van der Waals surface area contributed by atoms with Crippen LogP contribution in [0.15, 0.2) is 30.7 Å². The fourth-order valence-corrected chi connectivity index (χ4v) is 1.60. The number of nitrogens with one attached hydrogen (secondary N) is 2. The molecule has 0 spiro atoms. The maximum absolute atomic E-state index is 5.96. The van der Waals surface area contributed by atoms with Crippen LogP contribution in [-0.4, -0.2) is 21.5 Å². The van der Waals surface area contributed by atoms with Gasteiger partial charge in [-0.25, -0.2) is 9.97 Å². The molecular formula is C11H13ClN4. The predicted octanol–water partition coefficient (Wildman–Crippen LogP) is 2.50. The number of aromatic amines is 1. The van der Waals surface area contributed by atoms with Gasteiger partial charge < -0.3 is 10.3 Å². The highest BCUT2D eigenvalue weighted by Gasteiger charge is 1.99. The number of hydrogen-bond donors (Lipinski definition) is 2. The Kier molecular flexibility index (Phi) is 3.77. The van der Waals surface area contributed by atoms with E-state index in [1.165, 1.54) is 0 Å². The van der Waals surface area contributed by atoms with Gasteiger partial charge in [-0.15, -0.1) is 0 Å². The molecule has 2 heterocycles. The quantitative estimate of drug-likeness (QED) is 0.785. The van der Waals surface area contributed by atoms with Gasteiger partial charge in [0.1, 0.15) is 11.6 Å². The first kappa shape index (κ1) is 11.0. The molecule has 84 valence electrons. The number of aryl methyl sites for hydroxylation is 1. The van der Waals surface area contributed by atoms with E-state index in [1.807, 2.05) is 18.3 Å². The van der Waals surface area contributed by atoms with Crippen LogP contribution >= 0.6 is 11.6 Å². The molecule has 2 aromatic rings. The Bertz CT molecular complexity index is 427. The van der Waals surface area contributed by atoms with Crippen LogP contribution in [0.1, 0.15) is 12.2 Å². The van der Waals surface area contributed by atoms with E-state index in [1.54, 1.807) is 12.4 Å². The summed E-state index contributed by atoms with van der Waals surface area (Å²) in [6.45, 7) is 0.831. The highest BCUT2D eigenvalue weighted by molar-refractivity contribution is 6.32. The molecule has 16 heavy (non-hydrogen) atoms. The van der Waals surface area contributed by atoms with Crippen molar-refractivity contribution >= 4 is 17.4 Å². The fourth-order valence-electron chi connectivity index (χ4n) is 1.41. The lowest BCUT2D eigenvalue weighted by atomic mass is 10.3. The summed E-state index contributed by atoms with van der Waals surface area (Å²) in [7, 11) is 0. The largest absolute Gasteiger partial charge is 0.369 e. The average Bonchev–Trinajstić information content (AvgIpc) is 2.79. The fraction of sp³-hybridized carbons (Fsp3) is 0.273. The number of aromatic nitrogens is 3. The number of hydrogen-bond acceptors (Lipinski definition) is 3. The lowest BCUT2D eigenvalue weighted by molar-refractivity contribution is 0.814. The lowest BCUT2D eigenvalue weighted by Gasteiger charge is -2.05. The molecule has 0 aromatic carbocycles. The van der Waals surface area contributed by atoms with Crippen molar-refractivity contribution in [2.45, 2.75) is 12.8 Å². The van der Waals surface area contributed by atoms with Gasteiger partial charge in [-0.2, -0.15) is 0 Å². The number of H-pyrrole nitrogens is 1. The normalized spacial score (nSPS) is 10.3. The highest BCUT2D eigenvalue weighted by atomic mass is 35.5. The Hall–Kier alpha value is -1.55. The second kappa shape index (κ2) is 5.51. The number of rotatable bonds is 5. The van der Waals surface area contributed by atoms with Crippen LogP contribution < -0.4 is 5.32 Å². The summed E-state index contributed by atoms with van der Waals surface area (Å²) < 4.78 is 0. The molecule has 0 unspecified atom stereocenters. The number of pyridine rings is 1. The lowest BCUT2D eigenvalue weighted by Crippen LogP contribution is -2.05. The first-order valence-corrected chi connectivity index (χ1v) is 5.57. The molecular weight excluding hydrogens is 224 g/mol. The summed E-state index contributed by atoms with van der Waals surface area (Å²) in [6, 6.07) is 3.64. The zero-order chi connectivity index (χ0) is 11.2. The van der Waals surface area contributed by atoms with Crippen molar-refractivity contribution in [3.8, 4) is 0 Å². The van der Waals surface area contributed by atoms with Crippen molar-refractivity contribution in [3.05, 3.63) is 41.6 Å². The Morgan fingerprint density at radius 1 is 1.31 bits per heavy atom. The SMILES string of the molecule is Clc1cccnc1NCCCc1ncc[nH]1. The van der Waals surface area contributed by atoms with Crippen LogP contribution in [0.2, 0.25) is 5.02 Å². The van der Waals surface area contributed by atoms with E-state index >= 15 is 0 Å². The van der Waals surface area contributed by atoms with Gasteiger partial charge in [-0.1, -0.05) is 11.6 Å². The van der Waals surface area contributed by atoms with Crippen molar-refractivity contribution in [3.63, 3.8) is 0 Å². The van der Waals surface area contributed by atoms with E-state index in [4.69, 9.17) is 11.6 Å². The van der Waals surface area contributed by atoms with Crippen LogP contribution in [0.3, 0.4) is 0 Å². The molecule has 0 aliphatic carbocycles. The third-order valence-corrected chi connectivity index (χ3v) is 2.50. The summed E-state index contributed by atoms with van der Waals surface area (Å²) in [5.41, 5.74) is 0. The molecule has 0 bridgehead atoms. The van der Waals surface area contributed by atoms with Crippen molar-refractivity contribution in [1.82, 2.24) is 15.0 Å². The van der Waals surface area contributed by atoms with Crippen LogP contribution in [0.5, 0.6) is 0 Å². The summed E-state index contributed by atoms with van der Waals surface area (Å²) in [4.78, 5) is 11.4. The molecule has 0 atom stereocenters. The molecule has 0 amide bonds. The minimum Gasteiger partial charge on any atom is -0.369 e. The molecule has 0 saturated heterocycles.